The van der Waals surface area contributed by atoms with Gasteiger partial charge in [-0.3, -0.25) is 9.59 Å². The van der Waals surface area contributed by atoms with Gasteiger partial charge in [0.2, 0.25) is 0 Å². The Kier molecular flexibility index (Phi) is 14.8. The van der Waals surface area contributed by atoms with E-state index in [4.69, 9.17) is 9.47 Å². The molecule has 0 unspecified atom stereocenters. The summed E-state index contributed by atoms with van der Waals surface area (Å²) in [7, 11) is 0. The van der Waals surface area contributed by atoms with Gasteiger partial charge in [-0.2, -0.15) is 0 Å². The Hall–Kier alpha value is -1.91. The molecule has 1 aromatic rings. The second-order valence-electron chi connectivity index (χ2n) is 7.24. The molecule has 0 saturated carbocycles. The van der Waals surface area contributed by atoms with Crippen LogP contribution in [-0.2, 0) is 25.6 Å². The molecule has 0 bridgehead atoms. The van der Waals surface area contributed by atoms with Gasteiger partial charge in [-0.15, -0.1) is 0 Å². The van der Waals surface area contributed by atoms with Gasteiger partial charge < -0.3 is 9.47 Å². The minimum atomic E-state index is -0.354. The molecule has 0 saturated heterocycles. The predicted octanol–water partition coefficient (Wildman–Crippen LogP) is 4.76. The van der Waals surface area contributed by atoms with Crippen molar-refractivity contribution in [2.75, 3.05) is 13.2 Å². The lowest BCUT2D eigenvalue weighted by Crippen LogP contribution is -2.35. The molecule has 0 fully saturated rings. The van der Waals surface area contributed by atoms with E-state index >= 15 is 0 Å². The van der Waals surface area contributed by atoms with Gasteiger partial charge in [0.05, 0.1) is 19.4 Å². The monoisotopic (exact) mass is 392 g/mol. The van der Waals surface area contributed by atoms with Crippen molar-refractivity contribution in [1.29, 1.82) is 0 Å². The molecule has 28 heavy (non-hydrogen) atoms. The highest BCUT2D eigenvalue weighted by Gasteiger charge is 2.10. The van der Waals surface area contributed by atoms with Gasteiger partial charge in [-0.1, -0.05) is 70.8 Å². The molecule has 1 heterocycles. The fraction of sp³-hybridized carbons (Fsp3) is 0.696. The van der Waals surface area contributed by atoms with E-state index in [-0.39, 0.29) is 24.8 Å². The fourth-order valence-electron chi connectivity index (χ4n) is 2.97. The molecule has 158 valence electrons. The van der Waals surface area contributed by atoms with E-state index in [2.05, 4.69) is 6.92 Å². The fourth-order valence-corrected chi connectivity index (χ4v) is 2.97. The molecule has 0 N–H and O–H groups in total. The maximum absolute atomic E-state index is 11.7. The largest absolute Gasteiger partial charge is 0.466 e. The second-order valence-corrected chi connectivity index (χ2v) is 7.24. The standard InChI is InChI=1S/C23H38NO4/c1-2-3-4-5-6-7-8-9-10-14-20-27-22(25)15-16-23(26)28-21-19-24-17-12-11-13-18-24/h11-13,17-18H,2-10,14-16,19-21H2,1H3/q+1. The van der Waals surface area contributed by atoms with Crippen LogP contribution in [0.1, 0.15) is 84.0 Å². The number of rotatable bonds is 17. The summed E-state index contributed by atoms with van der Waals surface area (Å²) >= 11 is 0. The minimum Gasteiger partial charge on any atom is -0.466 e. The predicted molar refractivity (Wildman–Crippen MR) is 110 cm³/mol. The van der Waals surface area contributed by atoms with E-state index in [1.165, 1.54) is 51.4 Å². The van der Waals surface area contributed by atoms with Crippen LogP contribution in [-0.4, -0.2) is 25.2 Å². The molecule has 0 spiro atoms. The lowest BCUT2D eigenvalue weighted by Gasteiger charge is -2.05. The summed E-state index contributed by atoms with van der Waals surface area (Å²) in [6.45, 7) is 3.61. The SMILES string of the molecule is CCCCCCCCCCCCOC(=O)CCC(=O)OCC[n+]1ccccc1. The first-order valence-corrected chi connectivity index (χ1v) is 11.0. The van der Waals surface area contributed by atoms with Crippen LogP contribution in [0, 0.1) is 0 Å². The Morgan fingerprint density at radius 2 is 1.18 bits per heavy atom. The number of pyridine rings is 1. The number of ether oxygens (including phenoxy) is 2. The van der Waals surface area contributed by atoms with Crippen molar-refractivity contribution in [1.82, 2.24) is 0 Å². The molecular weight excluding hydrogens is 354 g/mol. The van der Waals surface area contributed by atoms with Crippen LogP contribution in [0.2, 0.25) is 0 Å². The number of esters is 2. The summed E-state index contributed by atoms with van der Waals surface area (Å²) in [5.41, 5.74) is 0. The number of aromatic nitrogens is 1. The molecule has 0 aromatic carbocycles. The van der Waals surface area contributed by atoms with Crippen molar-refractivity contribution in [3.8, 4) is 0 Å². The van der Waals surface area contributed by atoms with Crippen molar-refractivity contribution < 1.29 is 23.6 Å². The number of hydrogen-bond donors (Lipinski definition) is 0. The van der Waals surface area contributed by atoms with Crippen molar-refractivity contribution in [3.63, 3.8) is 0 Å². The van der Waals surface area contributed by atoms with E-state index < -0.39 is 0 Å². The zero-order chi connectivity index (χ0) is 20.3. The summed E-state index contributed by atoms with van der Waals surface area (Å²) in [6, 6.07) is 5.78. The maximum atomic E-state index is 11.7. The molecule has 5 nitrogen and oxygen atoms in total. The first-order chi connectivity index (χ1) is 13.7. The number of carbonyl (C=O) groups is 2. The first kappa shape index (κ1) is 24.1. The van der Waals surface area contributed by atoms with E-state index in [9.17, 15) is 9.59 Å². The molecular formula is C23H38NO4+. The highest BCUT2D eigenvalue weighted by Crippen LogP contribution is 2.10. The Balaban J connectivity index is 1.87. The summed E-state index contributed by atoms with van der Waals surface area (Å²) in [6.07, 6.45) is 16.5. The van der Waals surface area contributed by atoms with E-state index in [0.717, 1.165) is 12.8 Å². The van der Waals surface area contributed by atoms with Crippen molar-refractivity contribution in [3.05, 3.63) is 30.6 Å². The quantitative estimate of drug-likeness (QED) is 0.218. The Labute approximate surface area is 170 Å². The van der Waals surface area contributed by atoms with Crippen molar-refractivity contribution in [2.45, 2.75) is 90.5 Å². The minimum absolute atomic E-state index is 0.0797. The molecule has 0 aliphatic heterocycles. The van der Waals surface area contributed by atoms with E-state index in [1.54, 1.807) is 0 Å². The first-order valence-electron chi connectivity index (χ1n) is 11.0. The van der Waals surface area contributed by atoms with Gasteiger partial charge >= 0.3 is 11.9 Å². The Bertz CT molecular complexity index is 519. The Morgan fingerprint density at radius 3 is 1.75 bits per heavy atom. The smallest absolute Gasteiger partial charge is 0.306 e. The van der Waals surface area contributed by atoms with Crippen molar-refractivity contribution >= 4 is 11.9 Å². The van der Waals surface area contributed by atoms with Gasteiger partial charge in [-0.25, -0.2) is 4.57 Å². The molecule has 0 radical (unpaired) electrons. The third kappa shape index (κ3) is 14.2. The molecule has 0 amide bonds. The van der Waals surface area contributed by atoms with Gasteiger partial charge in [-0.05, 0) is 6.42 Å². The third-order valence-corrected chi connectivity index (χ3v) is 4.68. The highest BCUT2D eigenvalue weighted by molar-refractivity contribution is 5.77. The average molecular weight is 393 g/mol. The van der Waals surface area contributed by atoms with Gasteiger partial charge in [0.1, 0.15) is 0 Å². The normalized spacial score (nSPS) is 10.6. The molecule has 5 heteroatoms. The maximum Gasteiger partial charge on any atom is 0.306 e. The van der Waals surface area contributed by atoms with Gasteiger partial charge in [0.15, 0.2) is 25.5 Å². The van der Waals surface area contributed by atoms with Crippen LogP contribution in [0.3, 0.4) is 0 Å². The van der Waals surface area contributed by atoms with Crippen molar-refractivity contribution in [2.24, 2.45) is 0 Å². The molecule has 1 aromatic heterocycles. The Morgan fingerprint density at radius 1 is 0.679 bits per heavy atom. The highest BCUT2D eigenvalue weighted by atomic mass is 16.5. The van der Waals surface area contributed by atoms with Crippen LogP contribution >= 0.6 is 0 Å². The van der Waals surface area contributed by atoms with E-state index in [0.29, 0.717) is 19.8 Å². The molecule has 1 rings (SSSR count). The zero-order valence-electron chi connectivity index (χ0n) is 17.6. The summed E-state index contributed by atoms with van der Waals surface area (Å²) < 4.78 is 12.3. The number of carbonyl (C=O) groups excluding carboxylic acids is 2. The lowest BCUT2D eigenvalue weighted by molar-refractivity contribution is -0.697. The third-order valence-electron chi connectivity index (χ3n) is 4.68. The van der Waals surface area contributed by atoms with Gasteiger partial charge in [0, 0.05) is 12.1 Å². The topological polar surface area (TPSA) is 56.5 Å². The molecule has 0 aliphatic carbocycles. The van der Waals surface area contributed by atoms with Gasteiger partial charge in [0.25, 0.3) is 0 Å². The van der Waals surface area contributed by atoms with E-state index in [1.807, 2.05) is 35.2 Å². The average Bonchev–Trinajstić information content (AvgIpc) is 2.71. The zero-order valence-corrected chi connectivity index (χ0v) is 17.6. The van der Waals surface area contributed by atoms with Crippen LogP contribution in [0.5, 0.6) is 0 Å². The second kappa shape index (κ2) is 17.2. The number of nitrogens with zero attached hydrogens (tertiary/aromatic N) is 1. The number of hydrogen-bond acceptors (Lipinski definition) is 4. The summed E-state index contributed by atoms with van der Waals surface area (Å²) in [4.78, 5) is 23.3. The molecule has 0 aliphatic rings. The summed E-state index contributed by atoms with van der Waals surface area (Å²) in [5.74, 6) is -0.669. The summed E-state index contributed by atoms with van der Waals surface area (Å²) in [5, 5.41) is 0. The number of unbranched alkanes of at least 4 members (excludes halogenated alkanes) is 9. The molecule has 0 atom stereocenters. The van der Waals surface area contributed by atoms with Crippen LogP contribution < -0.4 is 4.57 Å². The van der Waals surface area contributed by atoms with Crippen LogP contribution in [0.25, 0.3) is 0 Å². The lowest BCUT2D eigenvalue weighted by atomic mass is 10.1. The van der Waals surface area contributed by atoms with Crippen LogP contribution in [0.15, 0.2) is 30.6 Å². The van der Waals surface area contributed by atoms with Crippen LogP contribution in [0.4, 0.5) is 0 Å².